The number of hydrogen-bond acceptors (Lipinski definition) is 2. The van der Waals surface area contributed by atoms with E-state index in [1.807, 2.05) is 31.2 Å². The average molecular weight is 333 g/mol. The van der Waals surface area contributed by atoms with Crippen LogP contribution in [0.25, 0.3) is 0 Å². The van der Waals surface area contributed by atoms with Crippen LogP contribution in [0.2, 0.25) is 0 Å². The van der Waals surface area contributed by atoms with Crippen molar-refractivity contribution in [3.05, 3.63) is 53.1 Å². The Morgan fingerprint density at radius 3 is 2.16 bits per heavy atom. The number of anilines is 1. The number of hydrogen-bond donors (Lipinski definition) is 0. The SMILES string of the molecule is Cc1cccc(N2C(=O)C3C4C=CC(C4=C4CCCCC4)C3C2=O)c1. The Morgan fingerprint density at radius 2 is 1.56 bits per heavy atom. The Morgan fingerprint density at radius 1 is 0.920 bits per heavy atom. The van der Waals surface area contributed by atoms with Gasteiger partial charge in [-0.25, -0.2) is 4.90 Å². The third kappa shape index (κ3) is 2.04. The van der Waals surface area contributed by atoms with Crippen LogP contribution in [0.4, 0.5) is 5.69 Å². The molecule has 0 spiro atoms. The van der Waals surface area contributed by atoms with E-state index in [-0.39, 0.29) is 35.5 Å². The van der Waals surface area contributed by atoms with Crippen LogP contribution in [0.15, 0.2) is 47.6 Å². The highest BCUT2D eigenvalue weighted by atomic mass is 16.2. The van der Waals surface area contributed by atoms with Gasteiger partial charge >= 0.3 is 0 Å². The molecule has 0 radical (unpaired) electrons. The van der Waals surface area contributed by atoms with Gasteiger partial charge in [-0.3, -0.25) is 9.59 Å². The highest BCUT2D eigenvalue weighted by Gasteiger charge is 2.62. The van der Waals surface area contributed by atoms with Crippen LogP contribution in [0, 0.1) is 30.6 Å². The van der Waals surface area contributed by atoms with Crippen LogP contribution in [-0.2, 0) is 9.59 Å². The standard InChI is InChI=1S/C22H23NO2/c1-13-6-5-9-15(12-13)23-21(24)19-16-10-11-17(20(19)22(23)25)18(16)14-7-3-2-4-8-14/h5-6,9-12,16-17,19-20H,2-4,7-8H2,1H3. The first kappa shape index (κ1) is 15.1. The molecule has 0 N–H and O–H groups in total. The van der Waals surface area contributed by atoms with E-state index in [1.165, 1.54) is 29.7 Å². The van der Waals surface area contributed by atoms with Gasteiger partial charge in [0.25, 0.3) is 0 Å². The lowest BCUT2D eigenvalue weighted by atomic mass is 9.85. The smallest absolute Gasteiger partial charge is 0.238 e. The Kier molecular flexibility index (Phi) is 3.28. The van der Waals surface area contributed by atoms with Gasteiger partial charge < -0.3 is 0 Å². The summed E-state index contributed by atoms with van der Waals surface area (Å²) in [5.74, 6) is -0.0127. The fourth-order valence-electron chi connectivity index (χ4n) is 5.52. The summed E-state index contributed by atoms with van der Waals surface area (Å²) >= 11 is 0. The first-order valence-corrected chi connectivity index (χ1v) is 9.51. The van der Waals surface area contributed by atoms with Crippen molar-refractivity contribution in [1.29, 1.82) is 0 Å². The molecule has 5 rings (SSSR count). The van der Waals surface area contributed by atoms with Crippen molar-refractivity contribution in [3.8, 4) is 0 Å². The van der Waals surface area contributed by atoms with Crippen molar-refractivity contribution in [3.63, 3.8) is 0 Å². The van der Waals surface area contributed by atoms with Gasteiger partial charge in [-0.15, -0.1) is 0 Å². The lowest BCUT2D eigenvalue weighted by Gasteiger charge is -2.23. The van der Waals surface area contributed by atoms with Gasteiger partial charge in [-0.1, -0.05) is 41.9 Å². The summed E-state index contributed by atoms with van der Waals surface area (Å²) in [6.07, 6.45) is 10.5. The highest BCUT2D eigenvalue weighted by Crippen LogP contribution is 2.58. The van der Waals surface area contributed by atoms with Crippen molar-refractivity contribution in [2.24, 2.45) is 23.7 Å². The van der Waals surface area contributed by atoms with Gasteiger partial charge in [-0.05, 0) is 50.3 Å². The third-order valence-corrected chi connectivity index (χ3v) is 6.54. The molecule has 4 atom stereocenters. The highest BCUT2D eigenvalue weighted by molar-refractivity contribution is 6.23. The van der Waals surface area contributed by atoms with Crippen LogP contribution in [0.1, 0.15) is 37.7 Å². The number of carbonyl (C=O) groups is 2. The monoisotopic (exact) mass is 333 g/mol. The number of allylic oxidation sites excluding steroid dienone is 4. The van der Waals surface area contributed by atoms with E-state index in [1.54, 1.807) is 5.57 Å². The zero-order valence-corrected chi connectivity index (χ0v) is 14.6. The summed E-state index contributed by atoms with van der Waals surface area (Å²) in [6.45, 7) is 1.99. The van der Waals surface area contributed by atoms with Crippen molar-refractivity contribution >= 4 is 17.5 Å². The molecule has 4 unspecified atom stereocenters. The van der Waals surface area contributed by atoms with E-state index in [9.17, 15) is 9.59 Å². The Labute approximate surface area is 148 Å². The number of rotatable bonds is 1. The third-order valence-electron chi connectivity index (χ3n) is 6.54. The molecule has 3 aliphatic carbocycles. The molecule has 3 heteroatoms. The number of amides is 2. The number of aryl methyl sites for hydroxylation is 1. The first-order valence-electron chi connectivity index (χ1n) is 9.51. The summed E-state index contributed by atoms with van der Waals surface area (Å²) < 4.78 is 0. The molecule has 25 heavy (non-hydrogen) atoms. The average Bonchev–Trinajstić information content (AvgIpc) is 3.25. The lowest BCUT2D eigenvalue weighted by molar-refractivity contribution is -0.122. The van der Waals surface area contributed by atoms with Crippen LogP contribution < -0.4 is 4.90 Å². The number of fused-ring (bicyclic) bond motifs is 5. The van der Waals surface area contributed by atoms with Gasteiger partial charge in [-0.2, -0.15) is 0 Å². The molecular formula is C22H23NO2. The predicted octanol–water partition coefficient (Wildman–Crippen LogP) is 4.18. The Bertz CT molecular complexity index is 792. The maximum atomic E-state index is 13.2. The zero-order chi connectivity index (χ0) is 17.1. The fourth-order valence-corrected chi connectivity index (χ4v) is 5.52. The molecule has 2 bridgehead atoms. The van der Waals surface area contributed by atoms with E-state index >= 15 is 0 Å². The normalized spacial score (nSPS) is 33.6. The van der Waals surface area contributed by atoms with Gasteiger partial charge in [0.05, 0.1) is 17.5 Å². The number of benzene rings is 1. The molecule has 3 fully saturated rings. The minimum Gasteiger partial charge on any atom is -0.274 e. The predicted molar refractivity (Wildman–Crippen MR) is 96.9 cm³/mol. The quantitative estimate of drug-likeness (QED) is 0.571. The molecule has 3 nitrogen and oxygen atoms in total. The van der Waals surface area contributed by atoms with Crippen LogP contribution >= 0.6 is 0 Å². The van der Waals surface area contributed by atoms with E-state index in [0.717, 1.165) is 24.1 Å². The second kappa shape index (κ2) is 5.42. The van der Waals surface area contributed by atoms with Gasteiger partial charge in [0, 0.05) is 11.8 Å². The molecule has 1 aliphatic heterocycles. The molecule has 1 aromatic carbocycles. The molecule has 2 amide bonds. The molecule has 1 aromatic rings. The number of imide groups is 1. The molecule has 0 aromatic heterocycles. The molecule has 1 heterocycles. The molecule has 1 saturated heterocycles. The zero-order valence-electron chi connectivity index (χ0n) is 14.6. The second-order valence-corrected chi connectivity index (χ2v) is 7.96. The van der Waals surface area contributed by atoms with Crippen LogP contribution in [0.5, 0.6) is 0 Å². The van der Waals surface area contributed by atoms with Crippen molar-refractivity contribution in [2.45, 2.75) is 39.0 Å². The van der Waals surface area contributed by atoms with Gasteiger partial charge in [0.1, 0.15) is 0 Å². The van der Waals surface area contributed by atoms with Crippen LogP contribution in [-0.4, -0.2) is 11.8 Å². The summed E-state index contributed by atoms with van der Waals surface area (Å²) in [5, 5.41) is 0. The van der Waals surface area contributed by atoms with Crippen molar-refractivity contribution < 1.29 is 9.59 Å². The Balaban J connectivity index is 1.54. The minimum atomic E-state index is -0.174. The maximum absolute atomic E-state index is 13.2. The van der Waals surface area contributed by atoms with Crippen molar-refractivity contribution in [1.82, 2.24) is 0 Å². The van der Waals surface area contributed by atoms with Gasteiger partial charge in [0.15, 0.2) is 0 Å². The molecular weight excluding hydrogens is 310 g/mol. The summed E-state index contributed by atoms with van der Waals surface area (Å²) in [6, 6.07) is 7.72. The van der Waals surface area contributed by atoms with Gasteiger partial charge in [0.2, 0.25) is 11.8 Å². The summed E-state index contributed by atoms with van der Waals surface area (Å²) in [5.41, 5.74) is 4.78. The first-order chi connectivity index (χ1) is 12.2. The molecule has 128 valence electrons. The summed E-state index contributed by atoms with van der Waals surface area (Å²) in [7, 11) is 0. The maximum Gasteiger partial charge on any atom is 0.238 e. The van der Waals surface area contributed by atoms with E-state index < -0.39 is 0 Å². The van der Waals surface area contributed by atoms with E-state index in [4.69, 9.17) is 0 Å². The van der Waals surface area contributed by atoms with E-state index in [0.29, 0.717) is 0 Å². The largest absolute Gasteiger partial charge is 0.274 e. The number of carbonyl (C=O) groups excluding carboxylic acids is 2. The minimum absolute atomic E-state index is 0.00589. The lowest BCUT2D eigenvalue weighted by Crippen LogP contribution is -2.33. The van der Waals surface area contributed by atoms with E-state index in [2.05, 4.69) is 12.2 Å². The number of nitrogens with zero attached hydrogens (tertiary/aromatic N) is 1. The fraction of sp³-hybridized carbons (Fsp3) is 0.455. The summed E-state index contributed by atoms with van der Waals surface area (Å²) in [4.78, 5) is 27.8. The second-order valence-electron chi connectivity index (χ2n) is 7.96. The molecule has 4 aliphatic rings. The molecule has 2 saturated carbocycles. The Hall–Kier alpha value is -2.16. The van der Waals surface area contributed by atoms with Crippen LogP contribution in [0.3, 0.4) is 0 Å². The van der Waals surface area contributed by atoms with Crippen molar-refractivity contribution in [2.75, 3.05) is 4.90 Å². The topological polar surface area (TPSA) is 37.4 Å².